The lowest BCUT2D eigenvalue weighted by molar-refractivity contribution is 0.249. The van der Waals surface area contributed by atoms with Crippen molar-refractivity contribution in [2.24, 2.45) is 0 Å². The Balaban J connectivity index is 1.43. The molecule has 0 spiro atoms. The van der Waals surface area contributed by atoms with Gasteiger partial charge in [0.2, 0.25) is 5.95 Å². The Hall–Kier alpha value is -3.54. The van der Waals surface area contributed by atoms with E-state index in [1.165, 1.54) is 23.2 Å². The molecule has 0 unspecified atom stereocenters. The molecular formula is C30H38ClN9OS. The van der Waals surface area contributed by atoms with Crippen LogP contribution in [-0.4, -0.2) is 71.4 Å². The first-order valence-electron chi connectivity index (χ1n) is 14.1. The van der Waals surface area contributed by atoms with Crippen molar-refractivity contribution >= 4 is 69.1 Å². The fourth-order valence-electron chi connectivity index (χ4n) is 5.38. The third kappa shape index (κ3) is 6.58. The highest BCUT2D eigenvalue weighted by Gasteiger charge is 2.24. The summed E-state index contributed by atoms with van der Waals surface area (Å²) in [6.07, 6.45) is 11.2. The Bertz CT molecular complexity index is 1530. The Morgan fingerprint density at radius 3 is 2.57 bits per heavy atom. The average Bonchev–Trinajstić information content (AvgIpc) is 3.00. The summed E-state index contributed by atoms with van der Waals surface area (Å²) < 4.78 is 9.17. The topological polar surface area (TPSA) is 103 Å². The molecule has 0 atom stereocenters. The van der Waals surface area contributed by atoms with E-state index in [4.69, 9.17) is 21.3 Å². The highest BCUT2D eigenvalue weighted by molar-refractivity contribution is 7.99. The highest BCUT2D eigenvalue weighted by Crippen LogP contribution is 2.38. The van der Waals surface area contributed by atoms with Gasteiger partial charge in [-0.05, 0) is 57.1 Å². The third-order valence-electron chi connectivity index (χ3n) is 7.54. The summed E-state index contributed by atoms with van der Waals surface area (Å²) in [7, 11) is 6.03. The lowest BCUT2D eigenvalue weighted by Gasteiger charge is -2.37. The zero-order valence-electron chi connectivity index (χ0n) is 24.7. The second-order valence-corrected chi connectivity index (χ2v) is 11.5. The van der Waals surface area contributed by atoms with E-state index in [2.05, 4.69) is 73.3 Å². The van der Waals surface area contributed by atoms with Crippen molar-refractivity contribution in [3.05, 3.63) is 53.4 Å². The molecule has 1 saturated heterocycles. The molecule has 3 heterocycles. The summed E-state index contributed by atoms with van der Waals surface area (Å²) >= 11 is 8.03. The van der Waals surface area contributed by atoms with Crippen molar-refractivity contribution in [2.75, 3.05) is 60.8 Å². The van der Waals surface area contributed by atoms with Crippen molar-refractivity contribution in [3.8, 4) is 5.75 Å². The largest absolute Gasteiger partial charge is 0.494 e. The van der Waals surface area contributed by atoms with E-state index < -0.39 is 0 Å². The molecule has 3 N–H and O–H groups in total. The standard InChI is InChI=1S/C30H38ClN9OS/c1-6-7-19-16-24(26(41-4)17-25(19)40-14-10-20(11-15-40)39(2)3)36-30-34-18-21(31)29(37-30)35-23-9-8-22-27(28(23)38-42-5)33-13-12-32-22/h8-9,12-13,16-18,20,38H,6-7,10-11,14-15H2,1-5H3,(H2,34,35,36,37). The van der Waals surface area contributed by atoms with Crippen molar-refractivity contribution in [1.29, 1.82) is 0 Å². The van der Waals surface area contributed by atoms with Crippen molar-refractivity contribution in [2.45, 2.75) is 38.6 Å². The van der Waals surface area contributed by atoms with Gasteiger partial charge in [-0.15, -0.1) is 0 Å². The van der Waals surface area contributed by atoms with Crippen LogP contribution in [0.5, 0.6) is 5.75 Å². The van der Waals surface area contributed by atoms with Crippen LogP contribution in [0.1, 0.15) is 31.7 Å². The molecule has 222 valence electrons. The van der Waals surface area contributed by atoms with Crippen LogP contribution >= 0.6 is 23.5 Å². The molecule has 2 aromatic carbocycles. The molecule has 0 bridgehead atoms. The zero-order chi connectivity index (χ0) is 29.6. The number of aromatic nitrogens is 4. The predicted molar refractivity (Wildman–Crippen MR) is 176 cm³/mol. The fourth-order valence-corrected chi connectivity index (χ4v) is 5.93. The van der Waals surface area contributed by atoms with E-state index in [0.29, 0.717) is 22.8 Å². The summed E-state index contributed by atoms with van der Waals surface area (Å²) in [4.78, 5) is 23.0. The molecule has 5 rings (SSSR count). The minimum absolute atomic E-state index is 0.394. The lowest BCUT2D eigenvalue weighted by Crippen LogP contribution is -2.42. The minimum atomic E-state index is 0.394. The van der Waals surface area contributed by atoms with Gasteiger partial charge in [0.05, 0.1) is 35.9 Å². The normalized spacial score (nSPS) is 13.9. The number of hydrogen-bond acceptors (Lipinski definition) is 11. The van der Waals surface area contributed by atoms with Gasteiger partial charge in [0, 0.05) is 49.5 Å². The summed E-state index contributed by atoms with van der Waals surface area (Å²) in [6.45, 7) is 4.26. The van der Waals surface area contributed by atoms with Crippen LogP contribution in [-0.2, 0) is 6.42 Å². The van der Waals surface area contributed by atoms with Gasteiger partial charge in [-0.1, -0.05) is 36.9 Å². The van der Waals surface area contributed by atoms with Crippen LogP contribution in [0.25, 0.3) is 11.0 Å². The first-order valence-corrected chi connectivity index (χ1v) is 15.7. The monoisotopic (exact) mass is 607 g/mol. The van der Waals surface area contributed by atoms with Gasteiger partial charge < -0.3 is 29.9 Å². The van der Waals surface area contributed by atoms with Crippen LogP contribution in [0, 0.1) is 0 Å². The number of hydrogen-bond donors (Lipinski definition) is 3. The number of halogens is 1. The third-order valence-corrected chi connectivity index (χ3v) is 8.23. The quantitative estimate of drug-likeness (QED) is 0.158. The first kappa shape index (κ1) is 29.9. The van der Waals surface area contributed by atoms with Gasteiger partial charge >= 0.3 is 0 Å². The maximum absolute atomic E-state index is 6.56. The number of nitrogens with one attached hydrogen (secondary N) is 3. The minimum Gasteiger partial charge on any atom is -0.494 e. The Morgan fingerprint density at radius 1 is 1.07 bits per heavy atom. The molecule has 12 heteroatoms. The van der Waals surface area contributed by atoms with Gasteiger partial charge in [0.1, 0.15) is 16.3 Å². The number of rotatable bonds is 11. The van der Waals surface area contributed by atoms with Crippen LogP contribution in [0.3, 0.4) is 0 Å². The number of benzene rings is 2. The SMILES string of the molecule is CCCc1cc(Nc2ncc(Cl)c(Nc3ccc4nccnc4c3NSC)n2)c(OC)cc1N1CCC(N(C)C)CC1. The van der Waals surface area contributed by atoms with Crippen LogP contribution in [0.2, 0.25) is 5.02 Å². The van der Waals surface area contributed by atoms with Gasteiger partial charge in [-0.3, -0.25) is 9.97 Å². The molecule has 0 amide bonds. The smallest absolute Gasteiger partial charge is 0.229 e. The number of methoxy groups -OCH3 is 1. The van der Waals surface area contributed by atoms with Crippen LogP contribution in [0.15, 0.2) is 42.9 Å². The summed E-state index contributed by atoms with van der Waals surface area (Å²) in [5.41, 5.74) is 6.44. The number of anilines is 6. The van der Waals surface area contributed by atoms with Gasteiger partial charge in [0.25, 0.3) is 0 Å². The van der Waals surface area contributed by atoms with Crippen LogP contribution < -0.4 is 25.0 Å². The average molecular weight is 608 g/mol. The molecule has 0 radical (unpaired) electrons. The van der Waals surface area contributed by atoms with Crippen molar-refractivity contribution in [1.82, 2.24) is 24.8 Å². The molecule has 4 aromatic rings. The van der Waals surface area contributed by atoms with E-state index >= 15 is 0 Å². The zero-order valence-corrected chi connectivity index (χ0v) is 26.3. The lowest BCUT2D eigenvalue weighted by atomic mass is 10.00. The Labute approximate surface area is 256 Å². The molecular weight excluding hydrogens is 570 g/mol. The maximum atomic E-state index is 6.56. The molecule has 1 aliphatic rings. The number of aryl methyl sites for hydroxylation is 1. The van der Waals surface area contributed by atoms with Crippen molar-refractivity contribution < 1.29 is 4.74 Å². The number of piperidine rings is 1. The molecule has 1 fully saturated rings. The van der Waals surface area contributed by atoms with Crippen LogP contribution in [0.4, 0.5) is 34.5 Å². The maximum Gasteiger partial charge on any atom is 0.229 e. The van der Waals surface area contributed by atoms with E-state index in [1.807, 2.05) is 18.4 Å². The van der Waals surface area contributed by atoms with Gasteiger partial charge in [-0.25, -0.2) is 4.98 Å². The predicted octanol–water partition coefficient (Wildman–Crippen LogP) is 6.74. The molecule has 1 aliphatic heterocycles. The second kappa shape index (κ2) is 13.6. The fraction of sp³-hybridized carbons (Fsp3) is 0.400. The summed E-state index contributed by atoms with van der Waals surface area (Å²) in [5.74, 6) is 1.61. The van der Waals surface area contributed by atoms with E-state index in [0.717, 1.165) is 72.6 Å². The van der Waals surface area contributed by atoms with Gasteiger partial charge in [-0.2, -0.15) is 4.98 Å². The van der Waals surface area contributed by atoms with Gasteiger partial charge in [0.15, 0.2) is 5.82 Å². The second-order valence-electron chi connectivity index (χ2n) is 10.5. The first-order chi connectivity index (χ1) is 20.4. The molecule has 42 heavy (non-hydrogen) atoms. The van der Waals surface area contributed by atoms with E-state index in [1.54, 1.807) is 25.7 Å². The number of fused-ring (bicyclic) bond motifs is 1. The highest BCUT2D eigenvalue weighted by atomic mass is 35.5. The van der Waals surface area contributed by atoms with Crippen molar-refractivity contribution in [3.63, 3.8) is 0 Å². The molecule has 2 aromatic heterocycles. The van der Waals surface area contributed by atoms with E-state index in [9.17, 15) is 0 Å². The van der Waals surface area contributed by atoms with E-state index in [-0.39, 0.29) is 0 Å². The summed E-state index contributed by atoms with van der Waals surface area (Å²) in [6, 6.07) is 8.78. The number of ether oxygens (including phenoxy) is 1. The molecule has 0 saturated carbocycles. The Morgan fingerprint density at radius 2 is 1.86 bits per heavy atom. The molecule has 10 nitrogen and oxygen atoms in total. The Kier molecular flexibility index (Phi) is 9.71. The number of nitrogens with zero attached hydrogens (tertiary/aromatic N) is 6. The summed E-state index contributed by atoms with van der Waals surface area (Å²) in [5, 5.41) is 7.14. The molecule has 0 aliphatic carbocycles.